The number of hydrogen-bond donors (Lipinski definition) is 1. The maximum atomic E-state index is 12.7. The van der Waals surface area contributed by atoms with E-state index >= 15 is 0 Å². The fourth-order valence-corrected chi connectivity index (χ4v) is 3.37. The monoisotopic (exact) mass is 383 g/mol. The summed E-state index contributed by atoms with van der Waals surface area (Å²) in [5.74, 6) is -0.130. The van der Waals surface area contributed by atoms with Crippen molar-refractivity contribution in [1.29, 1.82) is 0 Å². The molecule has 132 valence electrons. The van der Waals surface area contributed by atoms with E-state index in [-0.39, 0.29) is 18.4 Å². The predicted molar refractivity (Wildman–Crippen MR) is 108 cm³/mol. The van der Waals surface area contributed by atoms with Crippen LogP contribution in [0.5, 0.6) is 0 Å². The molecule has 1 atom stereocenters. The van der Waals surface area contributed by atoms with Crippen LogP contribution in [-0.2, 0) is 11.2 Å². The summed E-state index contributed by atoms with van der Waals surface area (Å²) in [6.45, 7) is 2.04. The van der Waals surface area contributed by atoms with E-state index in [2.05, 4.69) is 5.32 Å². The Hall–Kier alpha value is -2.29. The van der Waals surface area contributed by atoms with E-state index in [1.54, 1.807) is 18.2 Å². The minimum absolute atomic E-state index is 0.130. The number of carbonyl (C=O) groups is 1. The number of carbonyl (C=O) groups excluding carboxylic acids is 1. The molecule has 0 saturated carbocycles. The average Bonchev–Trinajstić information content (AvgIpc) is 2.64. The highest BCUT2D eigenvalue weighted by molar-refractivity contribution is 6.36. The standard InChI is InChI=1S/C22H19Cl2NO/c1-15-10-12-17(13-11-15)22(16-6-3-2-4-7-16)25-21(26)14-18-19(23)8-5-9-20(18)24/h2-13,22H,14H2,1H3,(H,25,26). The van der Waals surface area contributed by atoms with E-state index in [1.165, 1.54) is 5.56 Å². The third kappa shape index (κ3) is 4.46. The first-order chi connectivity index (χ1) is 12.5. The van der Waals surface area contributed by atoms with Gasteiger partial charge in [0, 0.05) is 10.0 Å². The van der Waals surface area contributed by atoms with Gasteiger partial charge in [0.1, 0.15) is 0 Å². The molecule has 0 heterocycles. The van der Waals surface area contributed by atoms with E-state index in [1.807, 2.05) is 61.5 Å². The van der Waals surface area contributed by atoms with Crippen LogP contribution >= 0.6 is 23.2 Å². The minimum atomic E-state index is -0.231. The van der Waals surface area contributed by atoms with Gasteiger partial charge in [0.15, 0.2) is 0 Å². The Bertz CT molecular complexity index is 872. The number of aryl methyl sites for hydroxylation is 1. The zero-order valence-corrected chi connectivity index (χ0v) is 15.9. The number of amides is 1. The maximum absolute atomic E-state index is 12.7. The molecule has 4 heteroatoms. The van der Waals surface area contributed by atoms with Gasteiger partial charge in [-0.2, -0.15) is 0 Å². The summed E-state index contributed by atoms with van der Waals surface area (Å²) in [6.07, 6.45) is 0.133. The Morgan fingerprint density at radius 1 is 0.846 bits per heavy atom. The van der Waals surface area contributed by atoms with Gasteiger partial charge in [-0.3, -0.25) is 4.79 Å². The topological polar surface area (TPSA) is 29.1 Å². The first-order valence-electron chi connectivity index (χ1n) is 8.38. The van der Waals surface area contributed by atoms with E-state index in [0.29, 0.717) is 15.6 Å². The van der Waals surface area contributed by atoms with Crippen molar-refractivity contribution in [2.24, 2.45) is 0 Å². The summed E-state index contributed by atoms with van der Waals surface area (Å²) in [4.78, 5) is 12.7. The van der Waals surface area contributed by atoms with Crippen molar-refractivity contribution in [3.05, 3.63) is 105 Å². The lowest BCUT2D eigenvalue weighted by Crippen LogP contribution is -2.30. The molecule has 0 aliphatic carbocycles. The molecule has 1 unspecified atom stereocenters. The average molecular weight is 384 g/mol. The first kappa shape index (κ1) is 18.5. The summed E-state index contributed by atoms with van der Waals surface area (Å²) in [5.41, 5.74) is 3.87. The van der Waals surface area contributed by atoms with Gasteiger partial charge in [-0.15, -0.1) is 0 Å². The van der Waals surface area contributed by atoms with Gasteiger partial charge in [-0.1, -0.05) is 89.4 Å². The Labute approximate surface area is 163 Å². The summed E-state index contributed by atoms with van der Waals surface area (Å²) in [5, 5.41) is 4.11. The van der Waals surface area contributed by atoms with Crippen molar-refractivity contribution in [2.75, 3.05) is 0 Å². The van der Waals surface area contributed by atoms with Gasteiger partial charge < -0.3 is 5.32 Å². The zero-order chi connectivity index (χ0) is 18.5. The second-order valence-electron chi connectivity index (χ2n) is 6.20. The van der Waals surface area contributed by atoms with E-state index in [4.69, 9.17) is 23.2 Å². The van der Waals surface area contributed by atoms with Gasteiger partial charge in [0.25, 0.3) is 0 Å². The van der Waals surface area contributed by atoms with Crippen LogP contribution in [0.15, 0.2) is 72.8 Å². The van der Waals surface area contributed by atoms with Crippen LogP contribution in [0.2, 0.25) is 10.0 Å². The van der Waals surface area contributed by atoms with Gasteiger partial charge in [0.2, 0.25) is 5.91 Å². The highest BCUT2D eigenvalue weighted by atomic mass is 35.5. The van der Waals surface area contributed by atoms with Crippen molar-refractivity contribution in [2.45, 2.75) is 19.4 Å². The zero-order valence-electron chi connectivity index (χ0n) is 14.4. The van der Waals surface area contributed by atoms with Gasteiger partial charge in [-0.05, 0) is 35.7 Å². The summed E-state index contributed by atoms with van der Waals surface area (Å²) in [6, 6.07) is 23.1. The van der Waals surface area contributed by atoms with Crippen LogP contribution in [-0.4, -0.2) is 5.91 Å². The van der Waals surface area contributed by atoms with E-state index in [9.17, 15) is 4.79 Å². The third-order valence-electron chi connectivity index (χ3n) is 4.25. The molecule has 0 aliphatic rings. The molecule has 0 radical (unpaired) electrons. The molecule has 3 rings (SSSR count). The molecule has 26 heavy (non-hydrogen) atoms. The molecular weight excluding hydrogens is 365 g/mol. The highest BCUT2D eigenvalue weighted by Crippen LogP contribution is 2.26. The highest BCUT2D eigenvalue weighted by Gasteiger charge is 2.18. The Morgan fingerprint density at radius 2 is 1.42 bits per heavy atom. The quantitative estimate of drug-likeness (QED) is 0.596. The molecule has 1 N–H and O–H groups in total. The van der Waals surface area contributed by atoms with E-state index in [0.717, 1.165) is 11.1 Å². The van der Waals surface area contributed by atoms with Crippen LogP contribution in [0.4, 0.5) is 0 Å². The van der Waals surface area contributed by atoms with Crippen LogP contribution < -0.4 is 5.32 Å². The summed E-state index contributed by atoms with van der Waals surface area (Å²) in [7, 11) is 0. The lowest BCUT2D eigenvalue weighted by molar-refractivity contribution is -0.120. The number of hydrogen-bond acceptors (Lipinski definition) is 1. The normalized spacial score (nSPS) is 11.8. The van der Waals surface area contributed by atoms with Crippen molar-refractivity contribution in [3.63, 3.8) is 0 Å². The van der Waals surface area contributed by atoms with Crippen molar-refractivity contribution < 1.29 is 4.79 Å². The Kier molecular flexibility index (Phi) is 5.97. The lowest BCUT2D eigenvalue weighted by Gasteiger charge is -2.20. The SMILES string of the molecule is Cc1ccc(C(NC(=O)Cc2c(Cl)cccc2Cl)c2ccccc2)cc1. The largest absolute Gasteiger partial charge is 0.345 e. The molecule has 2 nitrogen and oxygen atoms in total. The summed E-state index contributed by atoms with van der Waals surface area (Å²) >= 11 is 12.4. The molecular formula is C22H19Cl2NO. The van der Waals surface area contributed by atoms with Gasteiger partial charge >= 0.3 is 0 Å². The molecule has 1 amide bonds. The van der Waals surface area contributed by atoms with Gasteiger partial charge in [0.05, 0.1) is 12.5 Å². The Morgan fingerprint density at radius 3 is 2.04 bits per heavy atom. The molecule has 0 saturated heterocycles. The first-order valence-corrected chi connectivity index (χ1v) is 9.14. The van der Waals surface area contributed by atoms with Crippen LogP contribution in [0, 0.1) is 6.92 Å². The molecule has 0 aliphatic heterocycles. The van der Waals surface area contributed by atoms with Crippen molar-refractivity contribution in [3.8, 4) is 0 Å². The number of nitrogens with one attached hydrogen (secondary N) is 1. The molecule has 0 aromatic heterocycles. The fourth-order valence-electron chi connectivity index (χ4n) is 2.84. The molecule has 0 bridgehead atoms. The van der Waals surface area contributed by atoms with Crippen molar-refractivity contribution >= 4 is 29.1 Å². The second kappa shape index (κ2) is 8.39. The number of benzene rings is 3. The minimum Gasteiger partial charge on any atom is -0.345 e. The van der Waals surface area contributed by atoms with Crippen LogP contribution in [0.25, 0.3) is 0 Å². The molecule has 3 aromatic rings. The molecule has 3 aromatic carbocycles. The van der Waals surface area contributed by atoms with Crippen molar-refractivity contribution in [1.82, 2.24) is 5.32 Å². The lowest BCUT2D eigenvalue weighted by atomic mass is 9.97. The smallest absolute Gasteiger partial charge is 0.225 e. The predicted octanol–water partition coefficient (Wildman–Crippen LogP) is 5.75. The second-order valence-corrected chi connectivity index (χ2v) is 7.01. The van der Waals surface area contributed by atoms with Crippen LogP contribution in [0.3, 0.4) is 0 Å². The van der Waals surface area contributed by atoms with E-state index < -0.39 is 0 Å². The third-order valence-corrected chi connectivity index (χ3v) is 4.96. The number of halogens is 2. The van der Waals surface area contributed by atoms with Gasteiger partial charge in [-0.25, -0.2) is 0 Å². The Balaban J connectivity index is 1.86. The molecule has 0 spiro atoms. The fraction of sp³-hybridized carbons (Fsp3) is 0.136. The molecule has 0 fully saturated rings. The maximum Gasteiger partial charge on any atom is 0.225 e. The van der Waals surface area contributed by atoms with Crippen LogP contribution in [0.1, 0.15) is 28.3 Å². The number of rotatable bonds is 5. The summed E-state index contributed by atoms with van der Waals surface area (Å²) < 4.78 is 0.